The van der Waals surface area contributed by atoms with Gasteiger partial charge in [-0.25, -0.2) is 4.68 Å². The van der Waals surface area contributed by atoms with Crippen molar-refractivity contribution < 1.29 is 4.79 Å². The van der Waals surface area contributed by atoms with Crippen molar-refractivity contribution in [2.45, 2.75) is 25.4 Å². The summed E-state index contributed by atoms with van der Waals surface area (Å²) in [5.41, 5.74) is 2.60. The number of carbonyl (C=O) groups excluding carboxylic acids is 1. The second kappa shape index (κ2) is 7.80. The van der Waals surface area contributed by atoms with Gasteiger partial charge in [0.05, 0.1) is 17.4 Å². The van der Waals surface area contributed by atoms with Gasteiger partial charge in [-0.3, -0.25) is 4.79 Å². The number of rotatable bonds is 5. The van der Waals surface area contributed by atoms with Gasteiger partial charge in [0.25, 0.3) is 5.91 Å². The summed E-state index contributed by atoms with van der Waals surface area (Å²) in [6.45, 7) is 2.83. The quantitative estimate of drug-likeness (QED) is 0.900. The molecule has 1 aromatic carbocycles. The van der Waals surface area contributed by atoms with E-state index >= 15 is 0 Å². The van der Waals surface area contributed by atoms with Crippen LogP contribution in [0.25, 0.3) is 5.69 Å². The lowest BCUT2D eigenvalue weighted by atomic mass is 10.1. The lowest BCUT2D eigenvalue weighted by Gasteiger charge is -2.30. The molecule has 1 N–H and O–H groups in total. The highest BCUT2D eigenvalue weighted by Gasteiger charge is 2.21. The molecule has 1 fully saturated rings. The highest BCUT2D eigenvalue weighted by atomic mass is 16.1. The number of amides is 1. The van der Waals surface area contributed by atoms with E-state index in [-0.39, 0.29) is 11.9 Å². The van der Waals surface area contributed by atoms with E-state index in [4.69, 9.17) is 0 Å². The molecule has 25 heavy (non-hydrogen) atoms. The molecule has 1 aliphatic heterocycles. The average molecular weight is 341 g/mol. The number of likely N-dealkylation sites (N-methyl/N-ethyl adjacent to an activating group) is 1. The van der Waals surface area contributed by atoms with Crippen LogP contribution in [0.3, 0.4) is 0 Å². The van der Waals surface area contributed by atoms with Crippen LogP contribution in [0.1, 0.15) is 28.8 Å². The summed E-state index contributed by atoms with van der Waals surface area (Å²) >= 11 is 0. The number of nitrogens with zero attached hydrogens (tertiary/aromatic N) is 4. The Kier molecular flexibility index (Phi) is 5.50. The van der Waals surface area contributed by atoms with Crippen LogP contribution in [-0.4, -0.2) is 65.8 Å². The maximum Gasteiger partial charge on any atom is 0.253 e. The zero-order valence-electron chi connectivity index (χ0n) is 15.3. The van der Waals surface area contributed by atoms with E-state index in [1.807, 2.05) is 50.8 Å². The number of piperidine rings is 1. The molecule has 0 aliphatic carbocycles. The summed E-state index contributed by atoms with van der Waals surface area (Å²) < 4.78 is 1.79. The molecule has 3 rings (SSSR count). The standard InChI is InChI=1S/C19H27N5O/c1-22(2)12-15-11-20-24(13-15)18-9-5-4-8-17(18)19(25)21-16-7-6-10-23(3)14-16/h4-5,8-9,11,13,16H,6-7,10,12,14H2,1-3H3,(H,21,25). The fourth-order valence-corrected chi connectivity index (χ4v) is 3.35. The van der Waals surface area contributed by atoms with E-state index in [2.05, 4.69) is 27.3 Å². The van der Waals surface area contributed by atoms with Crippen LogP contribution in [0.2, 0.25) is 0 Å². The van der Waals surface area contributed by atoms with Gasteiger partial charge in [0.2, 0.25) is 0 Å². The summed E-state index contributed by atoms with van der Waals surface area (Å²) in [6, 6.07) is 7.85. The minimum Gasteiger partial charge on any atom is -0.348 e. The molecule has 1 aliphatic rings. The molecule has 1 atom stereocenters. The molecule has 2 aromatic rings. The summed E-state index contributed by atoms with van der Waals surface area (Å²) in [5.74, 6) is -0.0273. The van der Waals surface area contributed by atoms with Crippen molar-refractivity contribution in [3.05, 3.63) is 47.8 Å². The molecule has 6 nitrogen and oxygen atoms in total. The molecule has 0 bridgehead atoms. The molecule has 6 heteroatoms. The molecule has 1 saturated heterocycles. The van der Waals surface area contributed by atoms with E-state index in [0.717, 1.165) is 43.7 Å². The van der Waals surface area contributed by atoms with Crippen molar-refractivity contribution in [1.82, 2.24) is 24.9 Å². The summed E-state index contributed by atoms with van der Waals surface area (Å²) in [6.07, 6.45) is 5.99. The number of para-hydroxylation sites is 1. The minimum atomic E-state index is -0.0273. The van der Waals surface area contributed by atoms with Gasteiger partial charge in [-0.1, -0.05) is 12.1 Å². The first kappa shape index (κ1) is 17.6. The third-order valence-corrected chi connectivity index (χ3v) is 4.49. The monoisotopic (exact) mass is 341 g/mol. The van der Waals surface area contributed by atoms with Crippen LogP contribution in [0.15, 0.2) is 36.7 Å². The number of hydrogen-bond donors (Lipinski definition) is 1. The van der Waals surface area contributed by atoms with E-state index < -0.39 is 0 Å². The van der Waals surface area contributed by atoms with Gasteiger partial charge in [-0.15, -0.1) is 0 Å². The van der Waals surface area contributed by atoms with Crippen molar-refractivity contribution in [1.29, 1.82) is 0 Å². The molecule has 2 heterocycles. The molecular weight excluding hydrogens is 314 g/mol. The predicted molar refractivity (Wildman–Crippen MR) is 98.9 cm³/mol. The minimum absolute atomic E-state index is 0.0273. The van der Waals surface area contributed by atoms with Crippen molar-refractivity contribution in [2.24, 2.45) is 0 Å². The third kappa shape index (κ3) is 4.46. The van der Waals surface area contributed by atoms with Crippen molar-refractivity contribution >= 4 is 5.91 Å². The lowest BCUT2D eigenvalue weighted by Crippen LogP contribution is -2.46. The Hall–Kier alpha value is -2.18. The van der Waals surface area contributed by atoms with Crippen LogP contribution in [0, 0.1) is 0 Å². The molecule has 1 amide bonds. The van der Waals surface area contributed by atoms with Crippen LogP contribution in [-0.2, 0) is 6.54 Å². The number of benzene rings is 1. The first-order valence-corrected chi connectivity index (χ1v) is 8.80. The zero-order chi connectivity index (χ0) is 17.8. The molecule has 0 saturated carbocycles. The Morgan fingerprint density at radius 3 is 2.92 bits per heavy atom. The van der Waals surface area contributed by atoms with Gasteiger partial charge >= 0.3 is 0 Å². The Morgan fingerprint density at radius 1 is 1.36 bits per heavy atom. The Morgan fingerprint density at radius 2 is 2.16 bits per heavy atom. The van der Waals surface area contributed by atoms with E-state index in [1.165, 1.54) is 0 Å². The van der Waals surface area contributed by atoms with E-state index in [1.54, 1.807) is 4.68 Å². The van der Waals surface area contributed by atoms with Gasteiger partial charge in [0, 0.05) is 30.9 Å². The summed E-state index contributed by atoms with van der Waals surface area (Å²) in [7, 11) is 6.15. The lowest BCUT2D eigenvalue weighted by molar-refractivity contribution is 0.0912. The number of carbonyl (C=O) groups is 1. The van der Waals surface area contributed by atoms with E-state index in [0.29, 0.717) is 5.56 Å². The first-order valence-electron chi connectivity index (χ1n) is 8.80. The molecule has 0 radical (unpaired) electrons. The molecule has 0 spiro atoms. The second-order valence-corrected chi connectivity index (χ2v) is 7.12. The topological polar surface area (TPSA) is 53.4 Å². The van der Waals surface area contributed by atoms with Gasteiger partial charge in [0.15, 0.2) is 0 Å². The smallest absolute Gasteiger partial charge is 0.253 e. The zero-order valence-corrected chi connectivity index (χ0v) is 15.3. The molecule has 1 aromatic heterocycles. The number of nitrogens with one attached hydrogen (secondary N) is 1. The fourth-order valence-electron chi connectivity index (χ4n) is 3.35. The largest absolute Gasteiger partial charge is 0.348 e. The highest BCUT2D eigenvalue weighted by Crippen LogP contribution is 2.16. The highest BCUT2D eigenvalue weighted by molar-refractivity contribution is 5.97. The first-order chi connectivity index (χ1) is 12.0. The summed E-state index contributed by atoms with van der Waals surface area (Å²) in [4.78, 5) is 17.2. The van der Waals surface area contributed by atoms with Gasteiger partial charge in [-0.05, 0) is 52.7 Å². The Labute approximate surface area is 149 Å². The van der Waals surface area contributed by atoms with Crippen LogP contribution in [0.4, 0.5) is 0 Å². The number of hydrogen-bond acceptors (Lipinski definition) is 4. The van der Waals surface area contributed by atoms with Gasteiger partial charge in [0.1, 0.15) is 0 Å². The normalized spacial score (nSPS) is 18.5. The third-order valence-electron chi connectivity index (χ3n) is 4.49. The second-order valence-electron chi connectivity index (χ2n) is 7.12. The fraction of sp³-hybridized carbons (Fsp3) is 0.474. The van der Waals surface area contributed by atoms with Crippen LogP contribution in [0.5, 0.6) is 0 Å². The van der Waals surface area contributed by atoms with Gasteiger partial charge < -0.3 is 15.1 Å². The maximum absolute atomic E-state index is 12.8. The van der Waals surface area contributed by atoms with Crippen molar-refractivity contribution in [3.8, 4) is 5.69 Å². The molecule has 134 valence electrons. The number of aromatic nitrogens is 2. The van der Waals surface area contributed by atoms with E-state index in [9.17, 15) is 4.79 Å². The van der Waals surface area contributed by atoms with Crippen molar-refractivity contribution in [2.75, 3.05) is 34.2 Å². The van der Waals surface area contributed by atoms with Crippen molar-refractivity contribution in [3.63, 3.8) is 0 Å². The SMILES string of the molecule is CN(C)Cc1cnn(-c2ccccc2C(=O)NC2CCCN(C)C2)c1. The Bertz CT molecular complexity index is 724. The number of likely N-dealkylation sites (tertiary alicyclic amines) is 1. The Balaban J connectivity index is 1.78. The predicted octanol–water partition coefficient (Wildman–Crippen LogP) is 1.76. The molecule has 1 unspecified atom stereocenters. The molecular formula is C19H27N5O. The average Bonchev–Trinajstić information content (AvgIpc) is 3.02. The maximum atomic E-state index is 12.8. The van der Waals surface area contributed by atoms with Crippen LogP contribution >= 0.6 is 0 Å². The van der Waals surface area contributed by atoms with Gasteiger partial charge in [-0.2, -0.15) is 5.10 Å². The summed E-state index contributed by atoms with van der Waals surface area (Å²) in [5, 5.41) is 7.63. The van der Waals surface area contributed by atoms with Crippen LogP contribution < -0.4 is 5.32 Å².